The lowest BCUT2D eigenvalue weighted by molar-refractivity contribution is 0.405. The molecule has 0 aliphatic rings. The molecule has 0 saturated heterocycles. The molecule has 18 heavy (non-hydrogen) atoms. The first kappa shape index (κ1) is 13.2. The van der Waals surface area contributed by atoms with Crippen LogP contribution in [-0.4, -0.2) is 14.2 Å². The van der Waals surface area contributed by atoms with E-state index in [1.54, 1.807) is 13.4 Å². The Labute approximate surface area is 115 Å². The summed E-state index contributed by atoms with van der Waals surface area (Å²) in [6.07, 6.45) is 1.71. The second kappa shape index (κ2) is 5.59. The largest absolute Gasteiger partial charge is 0.496 e. The third-order valence-electron chi connectivity index (χ3n) is 3.00. The van der Waals surface area contributed by atoms with Gasteiger partial charge in [0.05, 0.1) is 19.4 Å². The van der Waals surface area contributed by atoms with Crippen LogP contribution in [0.25, 0.3) is 0 Å². The molecule has 0 aliphatic heterocycles. The Hall–Kier alpha value is -1.26. The number of hydrogen-bond acceptors (Lipinski definition) is 3. The maximum absolute atomic E-state index is 5.43. The predicted octanol–water partition coefficient (Wildman–Crippen LogP) is 3.67. The number of aryl methyl sites for hydroxylation is 1. The van der Waals surface area contributed by atoms with Gasteiger partial charge in [-0.2, -0.15) is 0 Å². The van der Waals surface area contributed by atoms with E-state index in [4.69, 9.17) is 9.15 Å². The first-order valence-corrected chi connectivity index (χ1v) is 6.51. The lowest BCUT2D eigenvalue weighted by Crippen LogP contribution is -2.18. The third kappa shape index (κ3) is 2.44. The first-order valence-electron chi connectivity index (χ1n) is 5.72. The normalized spacial score (nSPS) is 12.4. The van der Waals surface area contributed by atoms with Crippen LogP contribution >= 0.6 is 15.9 Å². The van der Waals surface area contributed by atoms with Crippen molar-refractivity contribution in [1.29, 1.82) is 0 Å². The highest BCUT2D eigenvalue weighted by Crippen LogP contribution is 2.33. The molecule has 2 aromatic rings. The van der Waals surface area contributed by atoms with Crippen LogP contribution in [0.5, 0.6) is 5.75 Å². The lowest BCUT2D eigenvalue weighted by atomic mass is 9.98. The summed E-state index contributed by atoms with van der Waals surface area (Å²) in [5.74, 6) is 1.77. The van der Waals surface area contributed by atoms with Crippen molar-refractivity contribution in [3.05, 3.63) is 51.9 Å². The maximum atomic E-state index is 5.43. The van der Waals surface area contributed by atoms with Gasteiger partial charge in [-0.25, -0.2) is 0 Å². The van der Waals surface area contributed by atoms with Gasteiger partial charge in [0, 0.05) is 15.6 Å². The number of methoxy groups -OCH3 is 1. The van der Waals surface area contributed by atoms with E-state index >= 15 is 0 Å². The maximum Gasteiger partial charge on any atom is 0.124 e. The molecular formula is C14H16BrNO2. The molecule has 1 unspecified atom stereocenters. The minimum absolute atomic E-state index is 0.0520. The van der Waals surface area contributed by atoms with E-state index in [9.17, 15) is 0 Å². The van der Waals surface area contributed by atoms with Crippen LogP contribution in [0.4, 0.5) is 0 Å². The van der Waals surface area contributed by atoms with Gasteiger partial charge in [0.1, 0.15) is 11.5 Å². The predicted molar refractivity (Wildman–Crippen MR) is 75.0 cm³/mol. The third-order valence-corrected chi connectivity index (χ3v) is 3.49. The molecule has 2 rings (SSSR count). The fourth-order valence-electron chi connectivity index (χ4n) is 2.10. The molecule has 96 valence electrons. The SMILES string of the molecule is CNC(c1cc(Br)ccc1OC)c1ccoc1C. The van der Waals surface area contributed by atoms with Gasteiger partial charge < -0.3 is 14.5 Å². The molecule has 1 aromatic carbocycles. The molecule has 1 aromatic heterocycles. The van der Waals surface area contributed by atoms with Gasteiger partial charge in [0.2, 0.25) is 0 Å². The van der Waals surface area contributed by atoms with Crippen molar-refractivity contribution in [3.63, 3.8) is 0 Å². The van der Waals surface area contributed by atoms with Crippen molar-refractivity contribution in [1.82, 2.24) is 5.32 Å². The number of benzene rings is 1. The standard InChI is InChI=1S/C14H16BrNO2/c1-9-11(6-7-18-9)14(16-2)12-8-10(15)4-5-13(12)17-3/h4-8,14,16H,1-3H3. The second-order valence-corrected chi connectivity index (χ2v) is 4.96. The van der Waals surface area contributed by atoms with Crippen molar-refractivity contribution in [3.8, 4) is 5.75 Å². The van der Waals surface area contributed by atoms with E-state index in [0.717, 1.165) is 27.1 Å². The second-order valence-electron chi connectivity index (χ2n) is 4.04. The van der Waals surface area contributed by atoms with Gasteiger partial charge in [0.15, 0.2) is 0 Å². The van der Waals surface area contributed by atoms with Crippen molar-refractivity contribution >= 4 is 15.9 Å². The number of furan rings is 1. The van der Waals surface area contributed by atoms with Gasteiger partial charge in [-0.3, -0.25) is 0 Å². The number of hydrogen-bond donors (Lipinski definition) is 1. The van der Waals surface area contributed by atoms with Crippen LogP contribution in [0, 0.1) is 6.92 Å². The van der Waals surface area contributed by atoms with Crippen molar-refractivity contribution in [2.75, 3.05) is 14.2 Å². The molecule has 3 nitrogen and oxygen atoms in total. The Morgan fingerprint density at radius 2 is 2.06 bits per heavy atom. The zero-order valence-electron chi connectivity index (χ0n) is 10.7. The number of halogens is 1. The molecule has 1 atom stereocenters. The Balaban J connectivity index is 2.51. The average molecular weight is 310 g/mol. The Kier molecular flexibility index (Phi) is 4.09. The highest BCUT2D eigenvalue weighted by molar-refractivity contribution is 9.10. The van der Waals surface area contributed by atoms with E-state index in [0.29, 0.717) is 0 Å². The number of nitrogens with one attached hydrogen (secondary N) is 1. The van der Waals surface area contributed by atoms with Gasteiger partial charge in [0.25, 0.3) is 0 Å². The van der Waals surface area contributed by atoms with Gasteiger partial charge in [-0.1, -0.05) is 15.9 Å². The van der Waals surface area contributed by atoms with E-state index < -0.39 is 0 Å². The fourth-order valence-corrected chi connectivity index (χ4v) is 2.48. The smallest absolute Gasteiger partial charge is 0.124 e. The van der Waals surface area contributed by atoms with Crippen molar-refractivity contribution in [2.45, 2.75) is 13.0 Å². The topological polar surface area (TPSA) is 34.4 Å². The van der Waals surface area contributed by atoms with Crippen LogP contribution in [0.2, 0.25) is 0 Å². The summed E-state index contributed by atoms with van der Waals surface area (Å²) in [7, 11) is 3.61. The molecule has 0 radical (unpaired) electrons. The minimum atomic E-state index is 0.0520. The van der Waals surface area contributed by atoms with Crippen LogP contribution < -0.4 is 10.1 Å². The monoisotopic (exact) mass is 309 g/mol. The molecule has 1 heterocycles. The van der Waals surface area contributed by atoms with Gasteiger partial charge in [-0.15, -0.1) is 0 Å². The van der Waals surface area contributed by atoms with Crippen molar-refractivity contribution < 1.29 is 9.15 Å². The summed E-state index contributed by atoms with van der Waals surface area (Å²) in [5.41, 5.74) is 2.20. The highest BCUT2D eigenvalue weighted by Gasteiger charge is 2.20. The Bertz CT molecular complexity index is 536. The van der Waals surface area contributed by atoms with Gasteiger partial charge in [-0.05, 0) is 38.2 Å². The van der Waals surface area contributed by atoms with Crippen LogP contribution in [0.15, 0.2) is 39.4 Å². The van der Waals surface area contributed by atoms with Crippen LogP contribution in [-0.2, 0) is 0 Å². The molecule has 0 fully saturated rings. The first-order chi connectivity index (χ1) is 8.67. The summed E-state index contributed by atoms with van der Waals surface area (Å²) in [6, 6.07) is 8.02. The number of ether oxygens (including phenoxy) is 1. The zero-order valence-corrected chi connectivity index (χ0v) is 12.2. The molecule has 0 amide bonds. The summed E-state index contributed by atoms with van der Waals surface area (Å²) in [5, 5.41) is 3.30. The molecule has 4 heteroatoms. The van der Waals surface area contributed by atoms with Crippen LogP contribution in [0.1, 0.15) is 22.9 Å². The summed E-state index contributed by atoms with van der Waals surface area (Å²) in [4.78, 5) is 0. The number of rotatable bonds is 4. The van der Waals surface area contributed by atoms with Crippen molar-refractivity contribution in [2.24, 2.45) is 0 Å². The molecule has 1 N–H and O–H groups in total. The summed E-state index contributed by atoms with van der Waals surface area (Å²) in [6.45, 7) is 1.96. The molecular weight excluding hydrogens is 294 g/mol. The van der Waals surface area contributed by atoms with E-state index in [1.807, 2.05) is 32.2 Å². The van der Waals surface area contributed by atoms with E-state index in [2.05, 4.69) is 27.3 Å². The van der Waals surface area contributed by atoms with Crippen LogP contribution in [0.3, 0.4) is 0 Å². The van der Waals surface area contributed by atoms with E-state index in [1.165, 1.54) is 0 Å². The molecule has 0 aliphatic carbocycles. The minimum Gasteiger partial charge on any atom is -0.496 e. The summed E-state index contributed by atoms with van der Waals surface area (Å²) >= 11 is 3.50. The molecule has 0 bridgehead atoms. The lowest BCUT2D eigenvalue weighted by Gasteiger charge is -2.19. The molecule has 0 spiro atoms. The van der Waals surface area contributed by atoms with Gasteiger partial charge >= 0.3 is 0 Å². The quantitative estimate of drug-likeness (QED) is 0.935. The fraction of sp³-hybridized carbons (Fsp3) is 0.286. The zero-order chi connectivity index (χ0) is 13.1. The van der Waals surface area contributed by atoms with E-state index in [-0.39, 0.29) is 6.04 Å². The Morgan fingerprint density at radius 1 is 1.28 bits per heavy atom. The highest BCUT2D eigenvalue weighted by atomic mass is 79.9. The summed E-state index contributed by atoms with van der Waals surface area (Å²) < 4.78 is 11.8. The average Bonchev–Trinajstić information content (AvgIpc) is 2.77. The Morgan fingerprint density at radius 3 is 2.61 bits per heavy atom. The molecule has 0 saturated carbocycles.